The number of nitrogens with two attached hydrogens (primary N) is 1. The number of amides is 2. The van der Waals surface area contributed by atoms with E-state index in [1.54, 1.807) is 5.43 Å². The second-order valence-corrected chi connectivity index (χ2v) is 13.4. The summed E-state index contributed by atoms with van der Waals surface area (Å²) in [6, 6.07) is 0. The number of carbonyl (C=O) groups excluding carboxylic acids is 3. The van der Waals surface area contributed by atoms with E-state index in [2.05, 4.69) is 50.2 Å². The molecule has 4 rings (SSSR count). The van der Waals surface area contributed by atoms with Crippen molar-refractivity contribution >= 4 is 30.7 Å². The highest BCUT2D eigenvalue weighted by molar-refractivity contribution is 6.47. The summed E-state index contributed by atoms with van der Waals surface area (Å²) >= 11 is 0. The molecule has 2 amide bonds. The van der Waals surface area contributed by atoms with Crippen LogP contribution in [0.25, 0.3) is 0 Å². The van der Waals surface area contributed by atoms with E-state index in [-0.39, 0.29) is 66.3 Å². The van der Waals surface area contributed by atoms with Gasteiger partial charge in [0.1, 0.15) is 5.78 Å². The summed E-state index contributed by atoms with van der Waals surface area (Å²) in [5.74, 6) is -0.542. The van der Waals surface area contributed by atoms with Crippen LogP contribution in [-0.4, -0.2) is 66.4 Å². The van der Waals surface area contributed by atoms with Crippen molar-refractivity contribution in [3.63, 3.8) is 0 Å². The normalized spacial score (nSPS) is 27.5. The van der Waals surface area contributed by atoms with Crippen LogP contribution in [0, 0.1) is 39.2 Å². The Morgan fingerprint density at radius 3 is 2.52 bits per heavy atom. The average molecular weight is 593 g/mol. The number of Topliss-reactive ketones (excluding diaryl/α,β-unsaturated/α-hetero) is 1. The molecule has 13 nitrogen and oxygen atoms in total. The van der Waals surface area contributed by atoms with E-state index in [0.29, 0.717) is 44.1 Å². The van der Waals surface area contributed by atoms with Crippen LogP contribution in [0.4, 0.5) is 0 Å². The van der Waals surface area contributed by atoms with Gasteiger partial charge in [-0.15, -0.1) is 0 Å². The summed E-state index contributed by atoms with van der Waals surface area (Å²) < 4.78 is 13.2. The van der Waals surface area contributed by atoms with Crippen molar-refractivity contribution in [2.45, 2.75) is 111 Å². The number of guanidine groups is 1. The minimum absolute atomic E-state index is 0.0112. The van der Waals surface area contributed by atoms with E-state index < -0.39 is 23.7 Å². The van der Waals surface area contributed by atoms with Gasteiger partial charge >= 0.3 is 7.12 Å². The van der Waals surface area contributed by atoms with Crippen LogP contribution in [0.2, 0.25) is 0 Å². The molecule has 0 aromatic carbocycles. The lowest BCUT2D eigenvalue weighted by Crippen LogP contribution is -2.65. The number of hydrazine groups is 1. The highest BCUT2D eigenvalue weighted by Gasteiger charge is 2.68. The number of ketones is 1. The summed E-state index contributed by atoms with van der Waals surface area (Å²) in [7, 11) is -0.576. The number of rotatable bonds is 16. The first-order chi connectivity index (χ1) is 19.6. The third kappa shape index (κ3) is 8.43. The predicted molar refractivity (Wildman–Crippen MR) is 158 cm³/mol. The third-order valence-corrected chi connectivity index (χ3v) is 9.40. The van der Waals surface area contributed by atoms with Crippen LogP contribution >= 0.6 is 0 Å². The van der Waals surface area contributed by atoms with Gasteiger partial charge in [0.05, 0.1) is 17.6 Å². The molecule has 1 aliphatic heterocycles. The Bertz CT molecular complexity index is 1040. The van der Waals surface area contributed by atoms with E-state index >= 15 is 0 Å². The maximum atomic E-state index is 13.7. The lowest BCUT2D eigenvalue weighted by Gasteiger charge is -2.64. The number of hydrogen-bond donors (Lipinski definition) is 4. The highest BCUT2D eigenvalue weighted by Crippen LogP contribution is 2.65. The molecule has 3 aliphatic carbocycles. The van der Waals surface area contributed by atoms with Gasteiger partial charge in [-0.2, -0.15) is 0 Å². The molecule has 0 aromatic heterocycles. The SMILES string of the molecule is CC(=O)NCCCC(=O)C[C@@H](CCCN=C(N)N[N+](=O)[O-])C(=O)N[C@@H](CC(C)C)B1O[C@@H]2C[C@H]3C[C@H](C3(C)C)[C@]2(C)O1. The Kier molecular flexibility index (Phi) is 11.4. The fourth-order valence-electron chi connectivity index (χ4n) is 7.04. The van der Waals surface area contributed by atoms with Crippen molar-refractivity contribution in [3.05, 3.63) is 10.1 Å². The molecule has 14 heteroatoms. The Morgan fingerprint density at radius 2 is 1.90 bits per heavy atom. The molecular weight excluding hydrogens is 543 g/mol. The number of nitrogens with zero attached hydrogens (tertiary/aromatic N) is 2. The van der Waals surface area contributed by atoms with Gasteiger partial charge in [0.2, 0.25) is 11.8 Å². The Labute approximate surface area is 249 Å². The van der Waals surface area contributed by atoms with E-state index in [9.17, 15) is 24.5 Å². The van der Waals surface area contributed by atoms with Crippen molar-refractivity contribution in [2.75, 3.05) is 13.1 Å². The first-order valence-corrected chi connectivity index (χ1v) is 15.2. The summed E-state index contributed by atoms with van der Waals surface area (Å²) in [5, 5.41) is 15.6. The zero-order chi connectivity index (χ0) is 31.2. The molecule has 0 spiro atoms. The van der Waals surface area contributed by atoms with Crippen LogP contribution in [-0.2, 0) is 23.7 Å². The molecule has 42 heavy (non-hydrogen) atoms. The average Bonchev–Trinajstić information content (AvgIpc) is 3.24. The van der Waals surface area contributed by atoms with Crippen LogP contribution in [0.1, 0.15) is 92.9 Å². The van der Waals surface area contributed by atoms with Crippen LogP contribution in [0.15, 0.2) is 4.99 Å². The van der Waals surface area contributed by atoms with Crippen LogP contribution in [0.5, 0.6) is 0 Å². The molecule has 5 N–H and O–H groups in total. The summed E-state index contributed by atoms with van der Waals surface area (Å²) in [5.41, 5.74) is 7.09. The minimum Gasteiger partial charge on any atom is -0.404 e. The molecule has 236 valence electrons. The first-order valence-electron chi connectivity index (χ1n) is 15.2. The molecule has 6 atom stereocenters. The summed E-state index contributed by atoms with van der Waals surface area (Å²) in [6.45, 7) is 12.9. The lowest BCUT2D eigenvalue weighted by molar-refractivity contribution is -0.525. The molecule has 1 heterocycles. The third-order valence-electron chi connectivity index (χ3n) is 9.40. The molecule has 4 fully saturated rings. The Hall–Kier alpha value is -2.74. The second-order valence-electron chi connectivity index (χ2n) is 13.4. The monoisotopic (exact) mass is 592 g/mol. The number of hydrogen-bond acceptors (Lipinski definition) is 8. The molecule has 2 bridgehead atoms. The van der Waals surface area contributed by atoms with Gasteiger partial charge in [0.15, 0.2) is 5.03 Å². The molecule has 3 saturated carbocycles. The molecule has 1 saturated heterocycles. The lowest BCUT2D eigenvalue weighted by atomic mass is 9.43. The first kappa shape index (κ1) is 33.8. The van der Waals surface area contributed by atoms with Gasteiger partial charge in [-0.3, -0.25) is 14.4 Å². The predicted octanol–water partition coefficient (Wildman–Crippen LogP) is 2.15. The van der Waals surface area contributed by atoms with Crippen LogP contribution in [0.3, 0.4) is 0 Å². The molecule has 0 unspecified atom stereocenters. The van der Waals surface area contributed by atoms with Crippen molar-refractivity contribution < 1.29 is 28.7 Å². The fourth-order valence-corrected chi connectivity index (χ4v) is 7.04. The number of aliphatic imine (C=N–C) groups is 1. The zero-order valence-corrected chi connectivity index (χ0v) is 25.9. The second kappa shape index (κ2) is 14.2. The minimum atomic E-state index is -0.794. The summed E-state index contributed by atoms with van der Waals surface area (Å²) in [6.07, 6.45) is 4.24. The smallest absolute Gasteiger partial charge is 0.404 e. The van der Waals surface area contributed by atoms with Crippen molar-refractivity contribution in [2.24, 2.45) is 39.8 Å². The number of nitrogens with one attached hydrogen (secondary N) is 3. The largest absolute Gasteiger partial charge is 0.481 e. The fraction of sp³-hybridized carbons (Fsp3) is 0.857. The standard InChI is InChI=1S/C28H49BN6O7/c1-17(2)13-24(29-41-23-16-20-15-22(27(20,4)5)28(23,6)42-29)33-25(38)19(9-7-12-32-26(30)34-35(39)40)14-21(37)10-8-11-31-18(3)36/h17,19-20,22-24H,7-16H2,1-6H3,(H,31,36)(H,33,38)(H3,30,32,34)/t19-,20-,22-,23-,24+,28+/m1/s1. The van der Waals surface area contributed by atoms with Gasteiger partial charge in [0.25, 0.3) is 5.96 Å². The van der Waals surface area contributed by atoms with E-state index in [4.69, 9.17) is 15.0 Å². The van der Waals surface area contributed by atoms with E-state index in [1.165, 1.54) is 6.92 Å². The van der Waals surface area contributed by atoms with Crippen molar-refractivity contribution in [1.82, 2.24) is 16.1 Å². The Balaban J connectivity index is 1.67. The van der Waals surface area contributed by atoms with Crippen LogP contribution < -0.4 is 21.8 Å². The summed E-state index contributed by atoms with van der Waals surface area (Å²) in [4.78, 5) is 52.1. The molecule has 0 aromatic rings. The van der Waals surface area contributed by atoms with Gasteiger partial charge in [-0.1, -0.05) is 33.1 Å². The maximum Gasteiger partial charge on any atom is 0.481 e. The topological polar surface area (TPSA) is 187 Å². The quantitative estimate of drug-likeness (QED) is 0.0520. The van der Waals surface area contributed by atoms with Gasteiger partial charge in [0, 0.05) is 38.8 Å². The van der Waals surface area contributed by atoms with Gasteiger partial charge in [-0.25, -0.2) is 15.1 Å². The van der Waals surface area contributed by atoms with Crippen molar-refractivity contribution in [1.29, 1.82) is 0 Å². The number of carbonyl (C=O) groups is 3. The molecule has 4 aliphatic rings. The molecule has 0 radical (unpaired) electrons. The number of nitro groups is 1. The van der Waals surface area contributed by atoms with E-state index in [0.717, 1.165) is 12.8 Å². The zero-order valence-electron chi connectivity index (χ0n) is 25.9. The van der Waals surface area contributed by atoms with E-state index in [1.807, 2.05) is 0 Å². The van der Waals surface area contributed by atoms with Gasteiger partial charge < -0.3 is 25.7 Å². The van der Waals surface area contributed by atoms with Crippen molar-refractivity contribution in [3.8, 4) is 0 Å². The van der Waals surface area contributed by atoms with Gasteiger partial charge in [-0.05, 0) is 68.6 Å². The Morgan fingerprint density at radius 1 is 1.19 bits per heavy atom. The highest BCUT2D eigenvalue weighted by atomic mass is 16.7. The molecular formula is C28H49BN6O7. The maximum absolute atomic E-state index is 13.7.